The Morgan fingerprint density at radius 2 is 1.50 bits per heavy atom. The third kappa shape index (κ3) is 4.87. The molecule has 0 atom stereocenters. The van der Waals surface area contributed by atoms with Crippen LogP contribution in [0.1, 0.15) is 20.8 Å². The monoisotopic (exact) mass is 333 g/mol. The molecule has 0 saturated carbocycles. The standard InChI is InChI=1S/C18H20FNO4/c1-4-22-18(21)20(13(2)3)24-17-11-9-16(10-12-17)23-15-7-5-14(19)6-8-15/h5-13H,4H2,1-3H3. The predicted molar refractivity (Wildman–Crippen MR) is 87.5 cm³/mol. The van der Waals surface area contributed by atoms with Crippen LogP contribution in [0.25, 0.3) is 0 Å². The summed E-state index contributed by atoms with van der Waals surface area (Å²) in [6.45, 7) is 5.65. The van der Waals surface area contributed by atoms with Gasteiger partial charge in [0.05, 0.1) is 12.6 Å². The molecule has 0 heterocycles. The zero-order valence-electron chi connectivity index (χ0n) is 13.9. The zero-order chi connectivity index (χ0) is 17.5. The number of amides is 1. The molecule has 24 heavy (non-hydrogen) atoms. The van der Waals surface area contributed by atoms with Gasteiger partial charge in [-0.05, 0) is 69.3 Å². The Morgan fingerprint density at radius 1 is 1.00 bits per heavy atom. The zero-order valence-corrected chi connectivity index (χ0v) is 13.9. The van der Waals surface area contributed by atoms with Crippen LogP contribution in [0.3, 0.4) is 0 Å². The lowest BCUT2D eigenvalue weighted by Gasteiger charge is -2.24. The molecule has 6 heteroatoms. The number of hydrogen-bond acceptors (Lipinski definition) is 4. The Bertz CT molecular complexity index is 656. The van der Waals surface area contributed by atoms with E-state index in [0.29, 0.717) is 17.2 Å². The van der Waals surface area contributed by atoms with Gasteiger partial charge in [-0.3, -0.25) is 0 Å². The highest BCUT2D eigenvalue weighted by atomic mass is 19.1. The van der Waals surface area contributed by atoms with Crippen LogP contribution in [0, 0.1) is 5.82 Å². The molecule has 2 aromatic rings. The maximum atomic E-state index is 12.9. The summed E-state index contributed by atoms with van der Waals surface area (Å²) in [5.74, 6) is 1.25. The van der Waals surface area contributed by atoms with E-state index in [1.54, 1.807) is 43.3 Å². The molecule has 0 fully saturated rings. The second-order valence-corrected chi connectivity index (χ2v) is 5.24. The van der Waals surface area contributed by atoms with Crippen LogP contribution in [0.15, 0.2) is 48.5 Å². The molecule has 0 spiro atoms. The molecular weight excluding hydrogens is 313 g/mol. The Labute approximate surface area is 140 Å². The summed E-state index contributed by atoms with van der Waals surface area (Å²) in [5, 5.41) is 1.17. The lowest BCUT2D eigenvalue weighted by molar-refractivity contribution is -0.0684. The van der Waals surface area contributed by atoms with Crippen molar-refractivity contribution in [2.45, 2.75) is 26.8 Å². The predicted octanol–water partition coefficient (Wildman–Crippen LogP) is 4.78. The highest BCUT2D eigenvalue weighted by Crippen LogP contribution is 2.24. The average molecular weight is 333 g/mol. The molecule has 0 aliphatic heterocycles. The summed E-state index contributed by atoms with van der Waals surface area (Å²) < 4.78 is 23.4. The number of rotatable bonds is 6. The van der Waals surface area contributed by atoms with Crippen molar-refractivity contribution in [2.75, 3.05) is 6.61 Å². The lowest BCUT2D eigenvalue weighted by Crippen LogP contribution is -2.40. The summed E-state index contributed by atoms with van der Waals surface area (Å²) >= 11 is 0. The first kappa shape index (κ1) is 17.6. The molecule has 0 aliphatic carbocycles. The molecule has 2 aromatic carbocycles. The summed E-state index contributed by atoms with van der Waals surface area (Å²) in [6.07, 6.45) is -0.542. The molecule has 0 radical (unpaired) electrons. The third-order valence-electron chi connectivity index (χ3n) is 2.99. The second kappa shape index (κ2) is 8.19. The highest BCUT2D eigenvalue weighted by molar-refractivity contribution is 5.66. The molecule has 0 unspecified atom stereocenters. The fourth-order valence-electron chi connectivity index (χ4n) is 1.86. The molecule has 0 bridgehead atoms. The molecule has 0 saturated heterocycles. The quantitative estimate of drug-likeness (QED) is 0.714. The summed E-state index contributed by atoms with van der Waals surface area (Å²) in [7, 11) is 0. The van der Waals surface area contributed by atoms with E-state index in [2.05, 4.69) is 0 Å². The lowest BCUT2D eigenvalue weighted by atomic mass is 10.3. The Morgan fingerprint density at radius 3 is 2.00 bits per heavy atom. The van der Waals surface area contributed by atoms with E-state index < -0.39 is 6.09 Å². The van der Waals surface area contributed by atoms with Crippen LogP contribution < -0.4 is 9.57 Å². The third-order valence-corrected chi connectivity index (χ3v) is 2.99. The van der Waals surface area contributed by atoms with E-state index in [-0.39, 0.29) is 18.5 Å². The van der Waals surface area contributed by atoms with Gasteiger partial charge in [0.25, 0.3) is 0 Å². The second-order valence-electron chi connectivity index (χ2n) is 5.24. The van der Waals surface area contributed by atoms with Gasteiger partial charge in [-0.15, -0.1) is 5.06 Å². The molecule has 1 amide bonds. The number of hydroxylamine groups is 2. The number of benzene rings is 2. The maximum Gasteiger partial charge on any atom is 0.443 e. The van der Waals surface area contributed by atoms with Crippen LogP contribution in [0.4, 0.5) is 9.18 Å². The molecule has 0 aliphatic rings. The van der Waals surface area contributed by atoms with Gasteiger partial charge in [-0.1, -0.05) is 0 Å². The molecular formula is C18H20FNO4. The largest absolute Gasteiger partial charge is 0.457 e. The van der Waals surface area contributed by atoms with Gasteiger partial charge >= 0.3 is 6.09 Å². The molecule has 128 valence electrons. The van der Waals surface area contributed by atoms with E-state index in [1.807, 2.05) is 13.8 Å². The van der Waals surface area contributed by atoms with Gasteiger partial charge in [0.15, 0.2) is 5.75 Å². The number of hydrogen-bond donors (Lipinski definition) is 0. The van der Waals surface area contributed by atoms with Gasteiger partial charge < -0.3 is 14.3 Å². The van der Waals surface area contributed by atoms with Crippen LogP contribution >= 0.6 is 0 Å². The fraction of sp³-hybridized carbons (Fsp3) is 0.278. The van der Waals surface area contributed by atoms with Gasteiger partial charge in [-0.2, -0.15) is 0 Å². The van der Waals surface area contributed by atoms with Crippen molar-refractivity contribution in [3.8, 4) is 17.2 Å². The van der Waals surface area contributed by atoms with E-state index in [9.17, 15) is 9.18 Å². The molecule has 2 rings (SSSR count). The van der Waals surface area contributed by atoms with E-state index in [0.717, 1.165) is 0 Å². The first-order valence-electron chi connectivity index (χ1n) is 7.67. The van der Waals surface area contributed by atoms with Gasteiger partial charge in [0, 0.05) is 0 Å². The number of halogens is 1. The van der Waals surface area contributed by atoms with Crippen molar-refractivity contribution in [1.29, 1.82) is 0 Å². The SMILES string of the molecule is CCOC(=O)N(Oc1ccc(Oc2ccc(F)cc2)cc1)C(C)C. The van der Waals surface area contributed by atoms with Crippen molar-refractivity contribution in [3.63, 3.8) is 0 Å². The van der Waals surface area contributed by atoms with Crippen LogP contribution in [0.5, 0.6) is 17.2 Å². The topological polar surface area (TPSA) is 48.0 Å². The van der Waals surface area contributed by atoms with Crippen molar-refractivity contribution in [1.82, 2.24) is 5.06 Å². The van der Waals surface area contributed by atoms with Crippen molar-refractivity contribution >= 4 is 6.09 Å². The van der Waals surface area contributed by atoms with Crippen molar-refractivity contribution in [2.24, 2.45) is 0 Å². The Hall–Kier alpha value is -2.76. The van der Waals surface area contributed by atoms with Crippen molar-refractivity contribution in [3.05, 3.63) is 54.3 Å². The Kier molecular flexibility index (Phi) is 6.01. The first-order valence-corrected chi connectivity index (χ1v) is 7.67. The fourth-order valence-corrected chi connectivity index (χ4v) is 1.86. The molecule has 0 N–H and O–H groups in total. The minimum absolute atomic E-state index is 0.181. The number of ether oxygens (including phenoxy) is 2. The average Bonchev–Trinajstić information content (AvgIpc) is 2.56. The molecule has 0 aromatic heterocycles. The summed E-state index contributed by atoms with van der Waals surface area (Å²) in [4.78, 5) is 17.4. The van der Waals surface area contributed by atoms with Crippen molar-refractivity contribution < 1.29 is 23.5 Å². The van der Waals surface area contributed by atoms with Gasteiger partial charge in [-0.25, -0.2) is 9.18 Å². The van der Waals surface area contributed by atoms with Crippen LogP contribution in [0.2, 0.25) is 0 Å². The van der Waals surface area contributed by atoms with E-state index in [4.69, 9.17) is 14.3 Å². The van der Waals surface area contributed by atoms with Gasteiger partial charge in [0.1, 0.15) is 17.3 Å². The minimum atomic E-state index is -0.542. The van der Waals surface area contributed by atoms with E-state index in [1.165, 1.54) is 17.2 Å². The summed E-state index contributed by atoms with van der Waals surface area (Å²) in [5.41, 5.74) is 0. The van der Waals surface area contributed by atoms with Gasteiger partial charge in [0.2, 0.25) is 0 Å². The first-order chi connectivity index (χ1) is 11.5. The maximum absolute atomic E-state index is 12.9. The number of carbonyl (C=O) groups is 1. The highest BCUT2D eigenvalue weighted by Gasteiger charge is 2.20. The normalized spacial score (nSPS) is 10.4. The number of carbonyl (C=O) groups excluding carboxylic acids is 1. The molecule has 5 nitrogen and oxygen atoms in total. The number of nitrogens with zero attached hydrogens (tertiary/aromatic N) is 1. The smallest absolute Gasteiger partial charge is 0.443 e. The Balaban J connectivity index is 2.02. The summed E-state index contributed by atoms with van der Waals surface area (Å²) in [6, 6.07) is 12.3. The van der Waals surface area contributed by atoms with Crippen LogP contribution in [-0.2, 0) is 4.74 Å². The minimum Gasteiger partial charge on any atom is -0.457 e. The van der Waals surface area contributed by atoms with E-state index >= 15 is 0 Å². The van der Waals surface area contributed by atoms with Crippen LogP contribution in [-0.4, -0.2) is 23.8 Å².